The van der Waals surface area contributed by atoms with Crippen LogP contribution >= 0.6 is 0 Å². The Morgan fingerprint density at radius 1 is 1.22 bits per heavy atom. The molecule has 2 heterocycles. The second-order valence-electron chi connectivity index (χ2n) is 7.93. The molecule has 0 aliphatic carbocycles. The maximum Gasteiger partial charge on any atom is 0.343 e. The molecular weight excluding hydrogens is 292 g/mol. The first-order valence-electron chi connectivity index (χ1n) is 8.08. The van der Waals surface area contributed by atoms with Crippen molar-refractivity contribution in [1.29, 1.82) is 0 Å². The summed E-state index contributed by atoms with van der Waals surface area (Å²) in [6, 6.07) is 1.77. The topological polar surface area (TPSA) is 60.3 Å². The van der Waals surface area contributed by atoms with E-state index in [1.54, 1.807) is 6.07 Å². The number of aromatic nitrogens is 1. The minimum absolute atomic E-state index is 0.0140. The molecule has 1 aliphatic rings. The Hall–Kier alpha value is -1.62. The Bertz CT molecular complexity index is 670. The minimum atomic E-state index is -0.561. The van der Waals surface area contributed by atoms with E-state index in [9.17, 15) is 9.59 Å². The molecule has 0 atom stereocenters. The number of carbonyl (C=O) groups is 1. The first-order chi connectivity index (χ1) is 10.5. The number of pyridine rings is 1. The van der Waals surface area contributed by atoms with Gasteiger partial charge in [-0.15, -0.1) is 0 Å². The van der Waals surface area contributed by atoms with E-state index < -0.39 is 5.97 Å². The lowest BCUT2D eigenvalue weighted by Crippen LogP contribution is -2.58. The second-order valence-corrected chi connectivity index (χ2v) is 7.93. The number of piperidine rings is 1. The number of nitrogens with one attached hydrogen (secondary N) is 1. The number of nitrogens with zero attached hydrogens (tertiary/aromatic N) is 1. The monoisotopic (exact) mass is 320 g/mol. The molecule has 0 bridgehead atoms. The Morgan fingerprint density at radius 2 is 1.74 bits per heavy atom. The van der Waals surface area contributed by atoms with Crippen LogP contribution in [0.1, 0.15) is 68.3 Å². The van der Waals surface area contributed by atoms with Crippen LogP contribution in [0.3, 0.4) is 0 Å². The van der Waals surface area contributed by atoms with Crippen molar-refractivity contribution >= 4 is 5.97 Å². The maximum atomic E-state index is 12.2. The summed E-state index contributed by atoms with van der Waals surface area (Å²) < 4.78 is 6.93. The van der Waals surface area contributed by atoms with Gasteiger partial charge in [0, 0.05) is 34.6 Å². The molecule has 0 saturated carbocycles. The minimum Gasteiger partial charge on any atom is -0.465 e. The molecule has 0 radical (unpaired) electrons. The van der Waals surface area contributed by atoms with Crippen molar-refractivity contribution in [3.8, 4) is 0 Å². The van der Waals surface area contributed by atoms with Crippen molar-refractivity contribution < 1.29 is 9.53 Å². The third kappa shape index (κ3) is 3.50. The zero-order valence-corrected chi connectivity index (χ0v) is 15.2. The van der Waals surface area contributed by atoms with Crippen LogP contribution in [0.5, 0.6) is 0 Å². The van der Waals surface area contributed by atoms with E-state index >= 15 is 0 Å². The van der Waals surface area contributed by atoms with Crippen molar-refractivity contribution in [3.05, 3.63) is 33.2 Å². The van der Waals surface area contributed by atoms with E-state index in [-0.39, 0.29) is 28.1 Å². The average Bonchev–Trinajstić information content (AvgIpc) is 2.33. The van der Waals surface area contributed by atoms with E-state index in [1.165, 1.54) is 7.11 Å². The van der Waals surface area contributed by atoms with Crippen molar-refractivity contribution in [2.75, 3.05) is 7.11 Å². The highest BCUT2D eigenvalue weighted by Crippen LogP contribution is 2.37. The summed E-state index contributed by atoms with van der Waals surface area (Å²) in [5.41, 5.74) is 1.43. The largest absolute Gasteiger partial charge is 0.465 e. The summed E-state index contributed by atoms with van der Waals surface area (Å²) in [6.07, 6.45) is 1.86. The lowest BCUT2D eigenvalue weighted by molar-refractivity contribution is 0.0596. The fourth-order valence-electron chi connectivity index (χ4n) is 4.26. The number of carbonyl (C=O) groups excluding carboxylic acids is 1. The van der Waals surface area contributed by atoms with Crippen LogP contribution in [-0.2, 0) is 4.74 Å². The molecule has 0 aromatic carbocycles. The van der Waals surface area contributed by atoms with Crippen LogP contribution in [0, 0.1) is 13.8 Å². The molecule has 1 aliphatic heterocycles. The van der Waals surface area contributed by atoms with Gasteiger partial charge in [0.05, 0.1) is 7.11 Å². The molecular formula is C18H28N2O3. The normalized spacial score (nSPS) is 20.3. The van der Waals surface area contributed by atoms with Gasteiger partial charge in [-0.3, -0.25) is 4.79 Å². The quantitative estimate of drug-likeness (QED) is 0.851. The molecule has 23 heavy (non-hydrogen) atoms. The molecule has 128 valence electrons. The zero-order chi connectivity index (χ0) is 17.6. The van der Waals surface area contributed by atoms with Gasteiger partial charge in [-0.05, 0) is 54.4 Å². The maximum absolute atomic E-state index is 12.2. The highest BCUT2D eigenvalue weighted by atomic mass is 16.5. The van der Waals surface area contributed by atoms with Crippen LogP contribution in [0.4, 0.5) is 0 Å². The molecule has 5 nitrogen and oxygen atoms in total. The predicted molar refractivity (Wildman–Crippen MR) is 91.1 cm³/mol. The van der Waals surface area contributed by atoms with E-state index in [4.69, 9.17) is 4.74 Å². The number of methoxy groups -OCH3 is 1. The van der Waals surface area contributed by atoms with E-state index in [2.05, 4.69) is 37.6 Å². The molecule has 0 amide bonds. The van der Waals surface area contributed by atoms with Gasteiger partial charge in [-0.25, -0.2) is 4.79 Å². The fourth-order valence-corrected chi connectivity index (χ4v) is 4.26. The van der Waals surface area contributed by atoms with Crippen LogP contribution in [0.25, 0.3) is 0 Å². The van der Waals surface area contributed by atoms with Crippen molar-refractivity contribution in [3.63, 3.8) is 0 Å². The van der Waals surface area contributed by atoms with Crippen molar-refractivity contribution in [1.82, 2.24) is 9.88 Å². The number of hydrogen-bond acceptors (Lipinski definition) is 4. The molecule has 1 aromatic heterocycles. The number of ether oxygens (including phenoxy) is 1. The smallest absolute Gasteiger partial charge is 0.343 e. The number of esters is 1. The van der Waals surface area contributed by atoms with Crippen LogP contribution < -0.4 is 10.7 Å². The highest BCUT2D eigenvalue weighted by molar-refractivity contribution is 5.90. The van der Waals surface area contributed by atoms with Gasteiger partial charge in [0.2, 0.25) is 0 Å². The lowest BCUT2D eigenvalue weighted by Gasteiger charge is -2.48. The highest BCUT2D eigenvalue weighted by Gasteiger charge is 2.39. The summed E-state index contributed by atoms with van der Waals surface area (Å²) >= 11 is 0. The fraction of sp³-hybridized carbons (Fsp3) is 0.667. The Kier molecular flexibility index (Phi) is 4.46. The summed E-state index contributed by atoms with van der Waals surface area (Å²) in [7, 11) is 1.31. The van der Waals surface area contributed by atoms with Gasteiger partial charge < -0.3 is 14.6 Å². The van der Waals surface area contributed by atoms with Crippen molar-refractivity contribution in [2.45, 2.75) is 71.5 Å². The Balaban J connectivity index is 2.59. The molecule has 0 spiro atoms. The molecule has 1 N–H and O–H groups in total. The lowest BCUT2D eigenvalue weighted by atomic mass is 9.79. The first kappa shape index (κ1) is 17.7. The molecule has 1 fully saturated rings. The average molecular weight is 320 g/mol. The third-order valence-electron chi connectivity index (χ3n) is 4.61. The van der Waals surface area contributed by atoms with Crippen LogP contribution in [0.15, 0.2) is 10.9 Å². The van der Waals surface area contributed by atoms with E-state index in [0.717, 1.165) is 18.5 Å². The zero-order valence-electron chi connectivity index (χ0n) is 15.2. The van der Waals surface area contributed by atoms with Gasteiger partial charge in [-0.1, -0.05) is 0 Å². The van der Waals surface area contributed by atoms with E-state index in [0.29, 0.717) is 5.69 Å². The standard InChI is InChI=1S/C18H28N2O3/c1-11-8-14(21)15(16(22)23-7)12(2)20(11)13-9-17(3,4)19-18(5,6)10-13/h8,13,19H,9-10H2,1-7H3. The first-order valence-corrected chi connectivity index (χ1v) is 8.08. The molecule has 1 saturated heterocycles. The third-order valence-corrected chi connectivity index (χ3v) is 4.61. The number of hydrogen-bond donors (Lipinski definition) is 1. The van der Waals surface area contributed by atoms with Gasteiger partial charge in [0.1, 0.15) is 5.56 Å². The Labute approximate surface area is 138 Å². The van der Waals surface area contributed by atoms with Crippen molar-refractivity contribution in [2.24, 2.45) is 0 Å². The van der Waals surface area contributed by atoms with Gasteiger partial charge in [-0.2, -0.15) is 0 Å². The van der Waals surface area contributed by atoms with Gasteiger partial charge >= 0.3 is 5.97 Å². The van der Waals surface area contributed by atoms with Crippen LogP contribution in [0.2, 0.25) is 0 Å². The van der Waals surface area contributed by atoms with E-state index in [1.807, 2.05) is 13.8 Å². The van der Waals surface area contributed by atoms with Gasteiger partial charge in [0.25, 0.3) is 0 Å². The Morgan fingerprint density at radius 3 is 2.22 bits per heavy atom. The summed E-state index contributed by atoms with van der Waals surface area (Å²) in [5, 5.41) is 3.66. The number of rotatable bonds is 2. The number of aryl methyl sites for hydroxylation is 1. The van der Waals surface area contributed by atoms with Gasteiger partial charge in [0.15, 0.2) is 5.43 Å². The van der Waals surface area contributed by atoms with Crippen LogP contribution in [-0.4, -0.2) is 28.7 Å². The molecule has 0 unspecified atom stereocenters. The second kappa shape index (κ2) is 5.78. The summed E-state index contributed by atoms with van der Waals surface area (Å²) in [5.74, 6) is -0.561. The SMILES string of the molecule is COC(=O)c1c(C)n(C2CC(C)(C)NC(C)(C)C2)c(C)cc1=O. The molecule has 2 rings (SSSR count). The molecule has 5 heteroatoms. The summed E-state index contributed by atoms with van der Waals surface area (Å²) in [4.78, 5) is 24.2. The predicted octanol–water partition coefficient (Wildman–Crippen LogP) is 2.73. The molecule has 1 aromatic rings. The summed E-state index contributed by atoms with van der Waals surface area (Å²) in [6.45, 7) is 12.5.